The van der Waals surface area contributed by atoms with Crippen LogP contribution in [-0.4, -0.2) is 76.7 Å². The molecule has 3 heterocycles. The first-order valence-electron chi connectivity index (χ1n) is 10.7. The van der Waals surface area contributed by atoms with Crippen LogP contribution in [0.15, 0.2) is 4.79 Å². The van der Waals surface area contributed by atoms with Crippen molar-refractivity contribution in [1.29, 1.82) is 0 Å². The lowest BCUT2D eigenvalue weighted by atomic mass is 10.2. The van der Waals surface area contributed by atoms with Crippen molar-refractivity contribution in [2.24, 2.45) is 0 Å². The summed E-state index contributed by atoms with van der Waals surface area (Å²) in [5.74, 6) is 1.18. The van der Waals surface area contributed by atoms with Crippen LogP contribution in [-0.2, 0) is 10.5 Å². The van der Waals surface area contributed by atoms with E-state index in [9.17, 15) is 9.59 Å². The summed E-state index contributed by atoms with van der Waals surface area (Å²) in [6, 6.07) is 0. The number of thiophene rings is 1. The van der Waals surface area contributed by atoms with E-state index in [4.69, 9.17) is 0 Å². The fourth-order valence-corrected chi connectivity index (χ4v) is 5.46. The van der Waals surface area contributed by atoms with Crippen LogP contribution >= 0.6 is 23.1 Å². The number of nitrogens with one attached hydrogen (secondary N) is 2. The molecule has 2 N–H and O–H groups in total. The summed E-state index contributed by atoms with van der Waals surface area (Å²) in [6.07, 6.45) is 0.970. The number of piperazine rings is 1. The minimum Gasteiger partial charge on any atom is -0.355 e. The lowest BCUT2D eigenvalue weighted by molar-refractivity contribution is -0.120. The Morgan fingerprint density at radius 3 is 2.67 bits per heavy atom. The molecule has 0 aromatic carbocycles. The molecular formula is C21H33N5O2S2. The van der Waals surface area contributed by atoms with Crippen LogP contribution < -0.4 is 10.9 Å². The van der Waals surface area contributed by atoms with Gasteiger partial charge in [0.1, 0.15) is 10.7 Å². The Labute approximate surface area is 186 Å². The number of H-pyrrole nitrogens is 1. The van der Waals surface area contributed by atoms with E-state index in [0.29, 0.717) is 23.5 Å². The molecule has 1 aliphatic rings. The Morgan fingerprint density at radius 1 is 1.27 bits per heavy atom. The third-order valence-corrected chi connectivity index (χ3v) is 8.05. The Hall–Kier alpha value is -1.42. The lowest BCUT2D eigenvalue weighted by Crippen LogP contribution is -2.46. The van der Waals surface area contributed by atoms with E-state index in [0.717, 1.165) is 61.0 Å². The largest absolute Gasteiger partial charge is 0.355 e. The van der Waals surface area contributed by atoms with Gasteiger partial charge in [0.2, 0.25) is 5.91 Å². The first-order chi connectivity index (χ1) is 14.4. The van der Waals surface area contributed by atoms with Crippen molar-refractivity contribution in [2.45, 2.75) is 45.1 Å². The normalized spacial score (nSPS) is 16.8. The number of nitrogens with zero attached hydrogens (tertiary/aromatic N) is 3. The zero-order valence-electron chi connectivity index (χ0n) is 18.4. The predicted octanol–water partition coefficient (Wildman–Crippen LogP) is 2.37. The third-order valence-electron chi connectivity index (χ3n) is 5.79. The molecule has 1 saturated heterocycles. The second-order valence-electron chi connectivity index (χ2n) is 7.85. The Bertz CT molecular complexity index is 918. The summed E-state index contributed by atoms with van der Waals surface area (Å²) in [4.78, 5) is 39.1. The minimum absolute atomic E-state index is 0.0436. The summed E-state index contributed by atoms with van der Waals surface area (Å²) >= 11 is 3.05. The van der Waals surface area contributed by atoms with Crippen LogP contribution in [0.4, 0.5) is 0 Å². The van der Waals surface area contributed by atoms with Gasteiger partial charge < -0.3 is 20.1 Å². The average Bonchev–Trinajstić information content (AvgIpc) is 3.03. The van der Waals surface area contributed by atoms with Crippen LogP contribution in [0.2, 0.25) is 0 Å². The number of hydrogen-bond donors (Lipinski definition) is 2. The smallest absolute Gasteiger partial charge is 0.259 e. The van der Waals surface area contributed by atoms with Gasteiger partial charge in [-0.2, -0.15) is 0 Å². The molecule has 1 aliphatic heterocycles. The second kappa shape index (κ2) is 10.7. The fourth-order valence-electron chi connectivity index (χ4n) is 3.63. The second-order valence-corrected chi connectivity index (χ2v) is 10.4. The topological polar surface area (TPSA) is 81.3 Å². The maximum absolute atomic E-state index is 12.4. The highest BCUT2D eigenvalue weighted by atomic mass is 32.2. The van der Waals surface area contributed by atoms with Crippen molar-refractivity contribution in [3.05, 3.63) is 26.6 Å². The van der Waals surface area contributed by atoms with Crippen LogP contribution in [0.3, 0.4) is 0 Å². The number of aryl methyl sites for hydroxylation is 2. The molecule has 7 nitrogen and oxygen atoms in total. The van der Waals surface area contributed by atoms with Gasteiger partial charge in [-0.3, -0.25) is 9.59 Å². The number of aromatic amines is 1. The molecule has 2 aromatic heterocycles. The van der Waals surface area contributed by atoms with Gasteiger partial charge in [0.15, 0.2) is 0 Å². The summed E-state index contributed by atoms with van der Waals surface area (Å²) in [5, 5.41) is 3.54. The Balaban J connectivity index is 1.39. The van der Waals surface area contributed by atoms with Gasteiger partial charge in [-0.05, 0) is 45.8 Å². The van der Waals surface area contributed by atoms with Crippen LogP contribution in [0.5, 0.6) is 0 Å². The lowest BCUT2D eigenvalue weighted by Gasteiger charge is -2.34. The molecule has 1 amide bonds. The summed E-state index contributed by atoms with van der Waals surface area (Å²) in [5.41, 5.74) is 0.914. The van der Waals surface area contributed by atoms with E-state index in [2.05, 4.69) is 32.0 Å². The van der Waals surface area contributed by atoms with Gasteiger partial charge >= 0.3 is 0 Å². The maximum Gasteiger partial charge on any atom is 0.259 e. The van der Waals surface area contributed by atoms with E-state index in [1.165, 1.54) is 11.8 Å². The number of hydrogen-bond acceptors (Lipinski definition) is 7. The molecule has 1 fully saturated rings. The van der Waals surface area contributed by atoms with Crippen LogP contribution in [0, 0.1) is 13.8 Å². The zero-order chi connectivity index (χ0) is 21.7. The molecule has 30 heavy (non-hydrogen) atoms. The highest BCUT2D eigenvalue weighted by molar-refractivity contribution is 7.99. The van der Waals surface area contributed by atoms with Crippen molar-refractivity contribution >= 4 is 39.2 Å². The van der Waals surface area contributed by atoms with Gasteiger partial charge in [0.25, 0.3) is 5.56 Å². The molecule has 1 atom stereocenters. The van der Waals surface area contributed by atoms with E-state index >= 15 is 0 Å². The first kappa shape index (κ1) is 23.2. The molecule has 0 aliphatic carbocycles. The number of amides is 1. The monoisotopic (exact) mass is 451 g/mol. The number of fused-ring (bicyclic) bond motifs is 1. The van der Waals surface area contributed by atoms with E-state index in [-0.39, 0.29) is 16.7 Å². The average molecular weight is 452 g/mol. The molecule has 2 aromatic rings. The molecule has 0 bridgehead atoms. The van der Waals surface area contributed by atoms with Crippen LogP contribution in [0.25, 0.3) is 10.2 Å². The van der Waals surface area contributed by atoms with Crippen molar-refractivity contribution in [2.75, 3.05) is 45.8 Å². The van der Waals surface area contributed by atoms with Gasteiger partial charge in [0, 0.05) is 37.6 Å². The molecule has 3 rings (SSSR count). The van der Waals surface area contributed by atoms with Gasteiger partial charge in [-0.1, -0.05) is 6.92 Å². The highest BCUT2D eigenvalue weighted by Gasteiger charge is 2.17. The van der Waals surface area contributed by atoms with Gasteiger partial charge in [0.05, 0.1) is 16.4 Å². The standard InChI is InChI=1S/C21H33N5O2S2/c1-5-25-9-11-26(12-10-25)8-6-7-22-19(27)16(4)29-13-17-23-20(28)18-14(2)15(3)30-21(18)24-17/h16H,5-13H2,1-4H3,(H,22,27)(H,23,24,28). The van der Waals surface area contributed by atoms with Crippen molar-refractivity contribution < 1.29 is 4.79 Å². The van der Waals surface area contributed by atoms with E-state index in [1.807, 2.05) is 20.8 Å². The first-order valence-corrected chi connectivity index (χ1v) is 12.6. The number of aromatic nitrogens is 2. The summed E-state index contributed by atoms with van der Waals surface area (Å²) < 4.78 is 0. The van der Waals surface area contributed by atoms with Crippen LogP contribution in [0.1, 0.15) is 36.5 Å². The fraction of sp³-hybridized carbons (Fsp3) is 0.667. The molecule has 0 saturated carbocycles. The molecule has 9 heteroatoms. The zero-order valence-corrected chi connectivity index (χ0v) is 20.0. The number of carbonyl (C=O) groups excluding carboxylic acids is 1. The molecule has 0 radical (unpaired) electrons. The molecular weight excluding hydrogens is 418 g/mol. The summed E-state index contributed by atoms with van der Waals surface area (Å²) in [7, 11) is 0. The van der Waals surface area contributed by atoms with Gasteiger partial charge in [-0.25, -0.2) is 4.98 Å². The van der Waals surface area contributed by atoms with Crippen molar-refractivity contribution in [3.8, 4) is 0 Å². The Morgan fingerprint density at radius 2 is 1.97 bits per heavy atom. The quantitative estimate of drug-likeness (QED) is 0.570. The Kier molecular flexibility index (Phi) is 8.33. The van der Waals surface area contributed by atoms with Gasteiger partial charge in [-0.15, -0.1) is 23.1 Å². The summed E-state index contributed by atoms with van der Waals surface area (Å²) in [6.45, 7) is 15.5. The predicted molar refractivity (Wildman–Crippen MR) is 127 cm³/mol. The molecule has 0 spiro atoms. The minimum atomic E-state index is -0.189. The van der Waals surface area contributed by atoms with Crippen molar-refractivity contribution in [1.82, 2.24) is 25.1 Å². The SMILES string of the molecule is CCN1CCN(CCCNC(=O)C(C)SCc2nc3sc(C)c(C)c3c(=O)[nH]2)CC1. The van der Waals surface area contributed by atoms with E-state index < -0.39 is 0 Å². The number of carbonyl (C=O) groups is 1. The third kappa shape index (κ3) is 5.84. The molecule has 1 unspecified atom stereocenters. The number of rotatable bonds is 9. The van der Waals surface area contributed by atoms with E-state index in [1.54, 1.807) is 11.3 Å². The number of likely N-dealkylation sites (N-methyl/N-ethyl adjacent to an activating group) is 1. The highest BCUT2D eigenvalue weighted by Crippen LogP contribution is 2.26. The number of thioether (sulfide) groups is 1. The van der Waals surface area contributed by atoms with Crippen molar-refractivity contribution in [3.63, 3.8) is 0 Å². The maximum atomic E-state index is 12.4. The molecule has 166 valence electrons.